The van der Waals surface area contributed by atoms with Crippen LogP contribution in [0.2, 0.25) is 10.0 Å². The Labute approximate surface area is 182 Å². The number of hydrogen-bond donors (Lipinski definition) is 0. The zero-order valence-corrected chi connectivity index (χ0v) is 18.2. The molecular weight excluding hydrogens is 419 g/mol. The lowest BCUT2D eigenvalue weighted by atomic mass is 10.0. The quantitative estimate of drug-likeness (QED) is 0.259. The van der Waals surface area contributed by atoms with Crippen LogP contribution < -0.4 is 5.43 Å². The molecule has 1 aromatic heterocycles. The van der Waals surface area contributed by atoms with Gasteiger partial charge in [0.05, 0.1) is 0 Å². The minimum Gasteiger partial charge on any atom is -0.289 e. The summed E-state index contributed by atoms with van der Waals surface area (Å²) in [6, 6.07) is 18.1. The van der Waals surface area contributed by atoms with Crippen LogP contribution in [0.4, 0.5) is 0 Å². The van der Waals surface area contributed by atoms with Gasteiger partial charge < -0.3 is 0 Å². The third-order valence-electron chi connectivity index (χ3n) is 5.54. The predicted molar refractivity (Wildman–Crippen MR) is 129 cm³/mol. The average Bonchev–Trinajstić information content (AvgIpc) is 2.73. The van der Waals surface area contributed by atoms with Crippen molar-refractivity contribution >= 4 is 76.3 Å². The second kappa shape index (κ2) is 7.28. The molecule has 0 bridgehead atoms. The number of hydrogen-bond acceptors (Lipinski definition) is 2. The van der Waals surface area contributed by atoms with Crippen molar-refractivity contribution < 1.29 is 0 Å². The number of benzene rings is 4. The highest BCUT2D eigenvalue weighted by Gasteiger charge is 2.11. The van der Waals surface area contributed by atoms with Crippen molar-refractivity contribution in [1.82, 2.24) is 0 Å². The van der Waals surface area contributed by atoms with Crippen LogP contribution in [0.3, 0.4) is 0 Å². The van der Waals surface area contributed by atoms with Gasteiger partial charge in [-0.2, -0.15) is 0 Å². The summed E-state index contributed by atoms with van der Waals surface area (Å²) in [5.41, 5.74) is 1.34. The van der Waals surface area contributed by atoms with Crippen molar-refractivity contribution in [2.45, 2.75) is 26.2 Å². The fourth-order valence-corrected chi connectivity index (χ4v) is 5.48. The van der Waals surface area contributed by atoms with Gasteiger partial charge in [0, 0.05) is 41.0 Å². The van der Waals surface area contributed by atoms with Gasteiger partial charge in [-0.05, 0) is 77.7 Å². The molecule has 0 radical (unpaired) electrons. The number of halogens is 2. The summed E-state index contributed by atoms with van der Waals surface area (Å²) in [6.07, 6.45) is 3.30. The van der Waals surface area contributed by atoms with Gasteiger partial charge in [0.2, 0.25) is 0 Å². The maximum Gasteiger partial charge on any atom is 0.195 e. The molecule has 1 nitrogen and oxygen atoms in total. The molecule has 4 aromatic carbocycles. The van der Waals surface area contributed by atoms with E-state index in [4.69, 9.17) is 23.2 Å². The molecule has 0 N–H and O–H groups in total. The van der Waals surface area contributed by atoms with Gasteiger partial charge in [-0.3, -0.25) is 4.79 Å². The highest BCUT2D eigenvalue weighted by Crippen LogP contribution is 2.35. The molecule has 0 aliphatic rings. The largest absolute Gasteiger partial charge is 0.289 e. The zero-order chi connectivity index (χ0) is 20.1. The molecule has 0 aliphatic carbocycles. The molecule has 0 spiro atoms. The minimum atomic E-state index is 0.103. The maximum absolute atomic E-state index is 13.3. The number of fused-ring (bicyclic) bond motifs is 4. The van der Waals surface area contributed by atoms with Crippen LogP contribution in [0.15, 0.2) is 59.4 Å². The van der Waals surface area contributed by atoms with E-state index in [-0.39, 0.29) is 5.43 Å². The fourth-order valence-electron chi connectivity index (χ4n) is 3.96. The monoisotopic (exact) mass is 436 g/mol. The van der Waals surface area contributed by atoms with Crippen LogP contribution >= 0.6 is 34.5 Å². The summed E-state index contributed by atoms with van der Waals surface area (Å²) in [5.74, 6) is 0. The number of aryl methyl sites for hydroxylation is 1. The highest BCUT2D eigenvalue weighted by molar-refractivity contribution is 7.24. The SMILES string of the molecule is CCCCc1ccc2sc3cc4cc5c(Cl)ccc(Cl)c5cc4cc3c(=O)c2c1. The summed E-state index contributed by atoms with van der Waals surface area (Å²) in [6.45, 7) is 2.18. The molecule has 4 heteroatoms. The van der Waals surface area contributed by atoms with Gasteiger partial charge in [-0.15, -0.1) is 11.3 Å². The van der Waals surface area contributed by atoms with Crippen LogP contribution in [0.25, 0.3) is 41.7 Å². The molecular formula is C25H18Cl2OS. The molecule has 1 heterocycles. The molecule has 5 rings (SSSR count). The third-order valence-corrected chi connectivity index (χ3v) is 7.33. The molecule has 0 fully saturated rings. The van der Waals surface area contributed by atoms with Crippen LogP contribution in [0.1, 0.15) is 25.3 Å². The lowest BCUT2D eigenvalue weighted by molar-refractivity contribution is 0.796. The van der Waals surface area contributed by atoms with Gasteiger partial charge in [0.1, 0.15) is 0 Å². The van der Waals surface area contributed by atoms with Crippen molar-refractivity contribution in [2.75, 3.05) is 0 Å². The van der Waals surface area contributed by atoms with Crippen LogP contribution in [-0.2, 0) is 6.42 Å². The van der Waals surface area contributed by atoms with E-state index in [1.165, 1.54) is 5.56 Å². The summed E-state index contributed by atoms with van der Waals surface area (Å²) in [7, 11) is 0. The van der Waals surface area contributed by atoms with Crippen molar-refractivity contribution in [2.24, 2.45) is 0 Å². The Morgan fingerprint density at radius 2 is 1.38 bits per heavy atom. The van der Waals surface area contributed by atoms with Gasteiger partial charge >= 0.3 is 0 Å². The Morgan fingerprint density at radius 3 is 2.07 bits per heavy atom. The van der Waals surface area contributed by atoms with Crippen LogP contribution in [-0.4, -0.2) is 0 Å². The highest BCUT2D eigenvalue weighted by atomic mass is 35.5. The molecule has 0 saturated heterocycles. The van der Waals surface area contributed by atoms with Gasteiger partial charge in [0.25, 0.3) is 0 Å². The molecule has 0 unspecified atom stereocenters. The number of rotatable bonds is 3. The Kier molecular flexibility index (Phi) is 4.74. The maximum atomic E-state index is 13.3. The summed E-state index contributed by atoms with van der Waals surface area (Å²) in [5, 5.41) is 6.82. The van der Waals surface area contributed by atoms with Gasteiger partial charge in [0.15, 0.2) is 5.43 Å². The van der Waals surface area contributed by atoms with Gasteiger partial charge in [-0.25, -0.2) is 0 Å². The van der Waals surface area contributed by atoms with E-state index in [2.05, 4.69) is 37.3 Å². The molecule has 0 saturated carbocycles. The van der Waals surface area contributed by atoms with Crippen molar-refractivity contribution in [3.05, 3.63) is 80.4 Å². The number of unbranched alkanes of at least 4 members (excludes halogenated alkanes) is 1. The molecule has 5 aromatic rings. The normalized spacial score (nSPS) is 11.8. The second-order valence-electron chi connectivity index (χ2n) is 7.49. The first kappa shape index (κ1) is 18.9. The first-order valence-electron chi connectivity index (χ1n) is 9.76. The van der Waals surface area contributed by atoms with Crippen molar-refractivity contribution in [3.63, 3.8) is 0 Å². The fraction of sp³-hybridized carbons (Fsp3) is 0.160. The van der Waals surface area contributed by atoms with Gasteiger partial charge in [-0.1, -0.05) is 42.6 Å². The lowest BCUT2D eigenvalue weighted by Crippen LogP contribution is -2.02. The van der Waals surface area contributed by atoms with Crippen LogP contribution in [0.5, 0.6) is 0 Å². The Morgan fingerprint density at radius 1 is 0.759 bits per heavy atom. The Balaban J connectivity index is 1.81. The molecule has 0 aliphatic heterocycles. The average molecular weight is 437 g/mol. The lowest BCUT2D eigenvalue weighted by Gasteiger charge is -2.09. The smallest absolute Gasteiger partial charge is 0.195 e. The van der Waals surface area contributed by atoms with Crippen molar-refractivity contribution in [3.8, 4) is 0 Å². The van der Waals surface area contributed by atoms with Crippen molar-refractivity contribution in [1.29, 1.82) is 0 Å². The first-order chi connectivity index (χ1) is 14.0. The minimum absolute atomic E-state index is 0.103. The molecule has 0 atom stereocenters. The molecule has 29 heavy (non-hydrogen) atoms. The predicted octanol–water partition coefficient (Wildman–Crippen LogP) is 8.37. The topological polar surface area (TPSA) is 17.1 Å². The van der Waals surface area contributed by atoms with E-state index in [1.54, 1.807) is 11.3 Å². The summed E-state index contributed by atoms with van der Waals surface area (Å²) >= 11 is 14.5. The first-order valence-corrected chi connectivity index (χ1v) is 11.3. The summed E-state index contributed by atoms with van der Waals surface area (Å²) in [4.78, 5) is 13.3. The summed E-state index contributed by atoms with van der Waals surface area (Å²) < 4.78 is 2.03. The van der Waals surface area contributed by atoms with Crippen LogP contribution in [0, 0.1) is 0 Å². The van der Waals surface area contributed by atoms with E-state index in [9.17, 15) is 4.79 Å². The van der Waals surface area contributed by atoms with E-state index >= 15 is 0 Å². The molecule has 0 amide bonds. The zero-order valence-electron chi connectivity index (χ0n) is 15.9. The standard InChI is InChI=1S/C25H18Cl2OS/c1-2-3-4-14-5-8-23-19(9-14)25(28)20-12-15-10-17-18(22(27)7-6-21(17)26)11-16(15)13-24(20)29-23/h5-13H,2-4H2,1H3. The van der Waals surface area contributed by atoms with E-state index in [0.717, 1.165) is 61.0 Å². The van der Waals surface area contributed by atoms with E-state index < -0.39 is 0 Å². The Bertz CT molecular complexity index is 1480. The second-order valence-corrected chi connectivity index (χ2v) is 9.39. The Hall–Kier alpha value is -2.13. The van der Waals surface area contributed by atoms with E-state index in [0.29, 0.717) is 10.0 Å². The van der Waals surface area contributed by atoms with E-state index in [1.807, 2.05) is 24.3 Å². The molecule has 144 valence electrons. The third kappa shape index (κ3) is 3.20.